The Kier molecular flexibility index (Phi) is 7.26. The Balaban J connectivity index is 1.51. The zero-order valence-corrected chi connectivity index (χ0v) is 21.0. The minimum atomic E-state index is -1.34. The quantitative estimate of drug-likeness (QED) is 0.362. The molecule has 0 radical (unpaired) electrons. The summed E-state index contributed by atoms with van der Waals surface area (Å²) < 4.78 is 0. The zero-order valence-electron chi connectivity index (χ0n) is 20.2. The average molecular weight is 519 g/mol. The van der Waals surface area contributed by atoms with Crippen LogP contribution in [0.1, 0.15) is 32.3 Å². The molecule has 1 aromatic carbocycles. The van der Waals surface area contributed by atoms with Crippen LogP contribution in [0.25, 0.3) is 0 Å². The smallest absolute Gasteiger partial charge is 0.405 e. The monoisotopic (exact) mass is 518 g/mol. The third-order valence-corrected chi connectivity index (χ3v) is 8.15. The molecule has 4 rings (SSSR count). The van der Waals surface area contributed by atoms with Gasteiger partial charge >= 0.3 is 6.09 Å². The van der Waals surface area contributed by atoms with Crippen molar-refractivity contribution in [2.45, 2.75) is 51.2 Å². The maximum atomic E-state index is 13.6. The first-order valence-electron chi connectivity index (χ1n) is 12.1. The summed E-state index contributed by atoms with van der Waals surface area (Å²) in [5, 5.41) is 17.6. The summed E-state index contributed by atoms with van der Waals surface area (Å²) in [7, 11) is 0. The van der Waals surface area contributed by atoms with Gasteiger partial charge in [0.1, 0.15) is 18.4 Å². The molecule has 4 N–H and O–H groups in total. The number of benzene rings is 1. The van der Waals surface area contributed by atoms with Gasteiger partial charge in [0, 0.05) is 30.5 Å². The fraction of sp³-hybridized carbons (Fsp3) is 0.560. The number of carboxylic acid groups (broad SMARTS) is 1. The summed E-state index contributed by atoms with van der Waals surface area (Å²) in [5.41, 5.74) is 0.556. The molecule has 0 spiro atoms. The van der Waals surface area contributed by atoms with E-state index >= 15 is 0 Å². The molecule has 2 aliphatic heterocycles. The number of nitrogens with one attached hydrogen (secondary N) is 3. The van der Waals surface area contributed by atoms with Crippen LogP contribution in [-0.2, 0) is 25.6 Å². The lowest BCUT2D eigenvalue weighted by Gasteiger charge is -2.33. The Labute approximate surface area is 214 Å². The molecule has 194 valence electrons. The summed E-state index contributed by atoms with van der Waals surface area (Å²) in [6, 6.07) is 3.97. The van der Waals surface area contributed by atoms with Crippen molar-refractivity contribution < 1.29 is 29.1 Å². The van der Waals surface area contributed by atoms with Gasteiger partial charge in [-0.05, 0) is 47.8 Å². The largest absolute Gasteiger partial charge is 0.465 e. The van der Waals surface area contributed by atoms with Crippen molar-refractivity contribution >= 4 is 41.7 Å². The number of piperidine rings is 1. The van der Waals surface area contributed by atoms with E-state index in [1.807, 2.05) is 13.8 Å². The van der Waals surface area contributed by atoms with Gasteiger partial charge in [-0.25, -0.2) is 4.79 Å². The minimum Gasteiger partial charge on any atom is -0.465 e. The third kappa shape index (κ3) is 5.18. The van der Waals surface area contributed by atoms with E-state index in [-0.39, 0.29) is 41.9 Å². The van der Waals surface area contributed by atoms with Gasteiger partial charge in [0.15, 0.2) is 0 Å². The lowest BCUT2D eigenvalue weighted by Crippen LogP contribution is -2.57. The van der Waals surface area contributed by atoms with Gasteiger partial charge in [0.2, 0.25) is 17.7 Å². The summed E-state index contributed by atoms with van der Waals surface area (Å²) in [4.78, 5) is 63.6. The van der Waals surface area contributed by atoms with Gasteiger partial charge in [-0.3, -0.25) is 14.4 Å². The minimum absolute atomic E-state index is 0.0912. The molecule has 11 heteroatoms. The predicted octanol–water partition coefficient (Wildman–Crippen LogP) is 1.21. The fourth-order valence-electron chi connectivity index (χ4n) is 5.81. The van der Waals surface area contributed by atoms with Crippen LogP contribution >= 0.6 is 11.6 Å². The van der Waals surface area contributed by atoms with E-state index < -0.39 is 36.0 Å². The highest BCUT2D eigenvalue weighted by Gasteiger charge is 2.69. The highest BCUT2D eigenvalue weighted by Crippen LogP contribution is 2.64. The number of rotatable bonds is 9. The maximum Gasteiger partial charge on any atom is 0.405 e. The van der Waals surface area contributed by atoms with Crippen LogP contribution in [0.4, 0.5) is 4.79 Å². The molecule has 2 heterocycles. The number of carbonyl (C=O) groups excluding carboxylic acids is 4. The number of hydrogen-bond donors (Lipinski definition) is 4. The van der Waals surface area contributed by atoms with Gasteiger partial charge in [-0.15, -0.1) is 0 Å². The Bertz CT molecular complexity index is 1060. The molecule has 0 aromatic heterocycles. The van der Waals surface area contributed by atoms with Crippen LogP contribution in [0.2, 0.25) is 5.02 Å². The average Bonchev–Trinajstić information content (AvgIpc) is 3.18. The van der Waals surface area contributed by atoms with Crippen LogP contribution in [0, 0.1) is 23.2 Å². The molecular formula is C25H31ClN4O6. The van der Waals surface area contributed by atoms with Gasteiger partial charge < -0.3 is 30.8 Å². The summed E-state index contributed by atoms with van der Waals surface area (Å²) in [6.45, 7) is 4.93. The number of halogens is 1. The van der Waals surface area contributed by atoms with Crippen molar-refractivity contribution in [1.29, 1.82) is 0 Å². The molecule has 10 nitrogen and oxygen atoms in total. The van der Waals surface area contributed by atoms with Crippen molar-refractivity contribution in [3.63, 3.8) is 0 Å². The Morgan fingerprint density at radius 2 is 1.94 bits per heavy atom. The van der Waals surface area contributed by atoms with Crippen LogP contribution in [0.15, 0.2) is 24.3 Å². The molecule has 0 bridgehead atoms. The molecule has 1 aromatic rings. The summed E-state index contributed by atoms with van der Waals surface area (Å²) >= 11 is 5.94. The lowest BCUT2D eigenvalue weighted by atomic mass is 9.96. The molecule has 1 aliphatic carbocycles. The molecule has 36 heavy (non-hydrogen) atoms. The van der Waals surface area contributed by atoms with E-state index in [2.05, 4.69) is 16.0 Å². The fourth-order valence-corrected chi connectivity index (χ4v) is 5.94. The Hall–Kier alpha value is -3.14. The second-order valence-corrected chi connectivity index (χ2v) is 10.9. The molecule has 3 fully saturated rings. The van der Waals surface area contributed by atoms with E-state index in [9.17, 15) is 29.1 Å². The van der Waals surface area contributed by atoms with Crippen LogP contribution in [-0.4, -0.2) is 71.3 Å². The number of carbonyl (C=O) groups is 5. The van der Waals surface area contributed by atoms with E-state index in [0.29, 0.717) is 36.4 Å². The highest BCUT2D eigenvalue weighted by atomic mass is 35.5. The van der Waals surface area contributed by atoms with Crippen LogP contribution in [0.3, 0.4) is 0 Å². The van der Waals surface area contributed by atoms with E-state index in [1.54, 1.807) is 24.3 Å². The van der Waals surface area contributed by atoms with Crippen LogP contribution in [0.5, 0.6) is 0 Å². The highest BCUT2D eigenvalue weighted by molar-refractivity contribution is 6.30. The van der Waals surface area contributed by atoms with Crippen molar-refractivity contribution in [2.24, 2.45) is 23.2 Å². The summed E-state index contributed by atoms with van der Waals surface area (Å²) in [6.07, 6.45) is 0.162. The zero-order chi connectivity index (χ0) is 26.2. The third-order valence-electron chi connectivity index (χ3n) is 7.90. The second kappa shape index (κ2) is 10.1. The van der Waals surface area contributed by atoms with Gasteiger partial charge in [-0.2, -0.15) is 0 Å². The van der Waals surface area contributed by atoms with Gasteiger partial charge in [-0.1, -0.05) is 37.6 Å². The molecule has 2 unspecified atom stereocenters. The number of aldehydes is 1. The molecule has 4 amide bonds. The number of amides is 4. The maximum absolute atomic E-state index is 13.6. The van der Waals surface area contributed by atoms with Crippen LogP contribution < -0.4 is 16.0 Å². The number of nitrogens with zero attached hydrogens (tertiary/aromatic N) is 1. The standard InChI is InChI=1S/C25H31ClN4O6/c1-25(2)17-11-30(23(34)18(29-24(35)36)9-13-3-5-15(26)6-4-13)20(19(17)25)22(33)28-16(12-31)10-14-7-8-27-21(14)32/h3-6,12,14,16-20,29H,7-11H2,1-2H3,(H,27,32)(H,28,33)(H,35,36)/t14-,16?,17-,18?,19-,20-/m0/s1. The normalized spacial score (nSPS) is 27.4. The molecule has 2 saturated heterocycles. The number of likely N-dealkylation sites (tertiary alicyclic amines) is 1. The molecule has 1 saturated carbocycles. The van der Waals surface area contributed by atoms with Crippen molar-refractivity contribution in [2.75, 3.05) is 13.1 Å². The number of fused-ring (bicyclic) bond motifs is 1. The SMILES string of the molecule is CC1(C)[C@@H]2[C@@H](C(=O)NC(C=O)C[C@@H]3CCNC3=O)N(C(=O)C(Cc3ccc(Cl)cc3)NC(=O)O)C[C@@H]21. The lowest BCUT2D eigenvalue weighted by molar-refractivity contribution is -0.142. The first-order chi connectivity index (χ1) is 17.0. The second-order valence-electron chi connectivity index (χ2n) is 10.5. The van der Waals surface area contributed by atoms with E-state index in [1.165, 1.54) is 4.90 Å². The van der Waals surface area contributed by atoms with Gasteiger partial charge in [0.25, 0.3) is 0 Å². The Morgan fingerprint density at radius 3 is 2.53 bits per heavy atom. The van der Waals surface area contributed by atoms with E-state index in [0.717, 1.165) is 0 Å². The Morgan fingerprint density at radius 1 is 1.25 bits per heavy atom. The predicted molar refractivity (Wildman–Crippen MR) is 130 cm³/mol. The molecular weight excluding hydrogens is 488 g/mol. The first kappa shape index (κ1) is 25.9. The number of hydrogen-bond acceptors (Lipinski definition) is 5. The van der Waals surface area contributed by atoms with Crippen molar-refractivity contribution in [1.82, 2.24) is 20.9 Å². The van der Waals surface area contributed by atoms with Crippen molar-refractivity contribution in [3.8, 4) is 0 Å². The van der Waals surface area contributed by atoms with E-state index in [4.69, 9.17) is 11.6 Å². The first-order valence-corrected chi connectivity index (χ1v) is 12.5. The molecule has 3 aliphatic rings. The summed E-state index contributed by atoms with van der Waals surface area (Å²) in [5.74, 6) is -1.46. The topological polar surface area (TPSA) is 145 Å². The van der Waals surface area contributed by atoms with Gasteiger partial charge in [0.05, 0.1) is 6.04 Å². The molecule has 6 atom stereocenters. The van der Waals surface area contributed by atoms with Crippen molar-refractivity contribution in [3.05, 3.63) is 34.9 Å².